The van der Waals surface area contributed by atoms with Gasteiger partial charge >= 0.3 is 11.9 Å². The standard InChI is InChI=1S/C30H44N2O4S4/c33-27(35-29(37-23-13-24-38-29)15-5-1-7-17-31-19-9-3-10-20-31)28(34)36-30(39-25-14-26-40-30)16-6-2-8-18-32-21-11-4-12-22-32/h3-6,9-26H2. The summed E-state index contributed by atoms with van der Waals surface area (Å²) >= 11 is 6.48. The van der Waals surface area contributed by atoms with Crippen LogP contribution >= 0.6 is 47.0 Å². The topological polar surface area (TPSA) is 59.1 Å². The fourth-order valence-corrected chi connectivity index (χ4v) is 11.1. The molecule has 4 heterocycles. The predicted molar refractivity (Wildman–Crippen MR) is 171 cm³/mol. The fraction of sp³-hybridized carbons (Fsp3) is 0.800. The first-order valence-corrected chi connectivity index (χ1v) is 18.9. The van der Waals surface area contributed by atoms with E-state index in [0.717, 1.165) is 75.1 Å². The maximum atomic E-state index is 13.1. The fourth-order valence-electron chi connectivity index (χ4n) is 5.16. The molecule has 0 saturated carbocycles. The van der Waals surface area contributed by atoms with E-state index in [-0.39, 0.29) is 0 Å². The van der Waals surface area contributed by atoms with E-state index in [2.05, 4.69) is 33.5 Å². The second kappa shape index (κ2) is 17.5. The molecule has 6 nitrogen and oxygen atoms in total. The Balaban J connectivity index is 1.27. The lowest BCUT2D eigenvalue weighted by Gasteiger charge is -2.36. The van der Waals surface area contributed by atoms with Gasteiger partial charge < -0.3 is 9.47 Å². The number of likely N-dealkylation sites (tertiary alicyclic amines) is 2. The van der Waals surface area contributed by atoms with Crippen molar-refractivity contribution in [3.8, 4) is 23.7 Å². The van der Waals surface area contributed by atoms with Crippen LogP contribution in [0.3, 0.4) is 0 Å². The molecule has 4 aliphatic rings. The smallest absolute Gasteiger partial charge is 0.419 e. The van der Waals surface area contributed by atoms with Crippen LogP contribution in [0, 0.1) is 23.7 Å². The summed E-state index contributed by atoms with van der Waals surface area (Å²) in [5.41, 5.74) is 0. The normalized spacial score (nSPS) is 23.1. The molecule has 4 fully saturated rings. The number of rotatable bonds is 8. The van der Waals surface area contributed by atoms with Gasteiger partial charge in [0.2, 0.25) is 8.53 Å². The Hall–Kier alpha value is -0.620. The van der Waals surface area contributed by atoms with Crippen LogP contribution in [0.2, 0.25) is 0 Å². The van der Waals surface area contributed by atoms with E-state index in [1.54, 1.807) is 47.0 Å². The van der Waals surface area contributed by atoms with Crippen LogP contribution in [0.4, 0.5) is 0 Å². The summed E-state index contributed by atoms with van der Waals surface area (Å²) in [5, 5.41) is 0. The first-order chi connectivity index (χ1) is 19.6. The van der Waals surface area contributed by atoms with Gasteiger partial charge in [-0.05, 0) is 87.7 Å². The molecule has 40 heavy (non-hydrogen) atoms. The van der Waals surface area contributed by atoms with Gasteiger partial charge in [0, 0.05) is 25.7 Å². The van der Waals surface area contributed by atoms with Crippen molar-refractivity contribution in [1.82, 2.24) is 9.80 Å². The Morgan fingerprint density at radius 2 is 0.925 bits per heavy atom. The Labute approximate surface area is 258 Å². The molecule has 0 aliphatic carbocycles. The number of hydrogen-bond donors (Lipinski definition) is 0. The summed E-state index contributed by atoms with van der Waals surface area (Å²) in [6, 6.07) is 0. The third kappa shape index (κ3) is 10.9. The molecule has 0 unspecified atom stereocenters. The number of hydrogen-bond acceptors (Lipinski definition) is 10. The van der Waals surface area contributed by atoms with Gasteiger partial charge in [0.25, 0.3) is 0 Å². The van der Waals surface area contributed by atoms with Crippen molar-refractivity contribution in [2.24, 2.45) is 0 Å². The zero-order chi connectivity index (χ0) is 27.9. The molecular weight excluding hydrogens is 581 g/mol. The van der Waals surface area contributed by atoms with Crippen LogP contribution in [0.15, 0.2) is 0 Å². The lowest BCUT2D eigenvalue weighted by Crippen LogP contribution is -2.39. The van der Waals surface area contributed by atoms with Gasteiger partial charge in [-0.25, -0.2) is 9.59 Å². The van der Waals surface area contributed by atoms with Gasteiger partial charge in [-0.2, -0.15) is 0 Å². The van der Waals surface area contributed by atoms with Crippen molar-refractivity contribution in [3.05, 3.63) is 0 Å². The summed E-state index contributed by atoms with van der Waals surface area (Å²) in [7, 11) is 0. The molecule has 0 spiro atoms. The first-order valence-electron chi connectivity index (χ1n) is 15.0. The van der Waals surface area contributed by atoms with Crippen molar-refractivity contribution in [2.75, 3.05) is 62.3 Å². The molecular formula is C30H44N2O4S4. The van der Waals surface area contributed by atoms with Gasteiger partial charge in [0.1, 0.15) is 0 Å². The summed E-state index contributed by atoms with van der Waals surface area (Å²) in [6.45, 7) is 6.14. The van der Waals surface area contributed by atoms with E-state index in [1.807, 2.05) is 0 Å². The van der Waals surface area contributed by atoms with Crippen molar-refractivity contribution < 1.29 is 19.1 Å². The summed E-state index contributed by atoms with van der Waals surface area (Å²) in [4.78, 5) is 30.9. The van der Waals surface area contributed by atoms with Crippen molar-refractivity contribution in [3.63, 3.8) is 0 Å². The van der Waals surface area contributed by atoms with E-state index >= 15 is 0 Å². The maximum Gasteiger partial charge on any atom is 0.419 e. The Kier molecular flexibility index (Phi) is 14.1. The highest BCUT2D eigenvalue weighted by Gasteiger charge is 2.43. The molecule has 0 bridgehead atoms. The monoisotopic (exact) mass is 624 g/mol. The van der Waals surface area contributed by atoms with Gasteiger partial charge in [-0.15, -0.1) is 58.9 Å². The molecule has 4 aliphatic heterocycles. The van der Waals surface area contributed by atoms with Gasteiger partial charge in [0.15, 0.2) is 0 Å². The molecule has 0 radical (unpaired) electrons. The highest BCUT2D eigenvalue weighted by Crippen LogP contribution is 2.48. The lowest BCUT2D eigenvalue weighted by molar-refractivity contribution is -0.171. The van der Waals surface area contributed by atoms with E-state index < -0.39 is 20.5 Å². The minimum absolute atomic E-state index is 0.607. The average Bonchev–Trinajstić information content (AvgIpc) is 2.99. The zero-order valence-electron chi connectivity index (χ0n) is 23.7. The second-order valence-electron chi connectivity index (χ2n) is 10.6. The van der Waals surface area contributed by atoms with E-state index in [9.17, 15) is 9.59 Å². The maximum absolute atomic E-state index is 13.1. The van der Waals surface area contributed by atoms with Crippen molar-refractivity contribution in [1.29, 1.82) is 0 Å². The first kappa shape index (κ1) is 32.3. The van der Waals surface area contributed by atoms with Crippen LogP contribution in [-0.4, -0.2) is 92.5 Å². The van der Waals surface area contributed by atoms with E-state index in [0.29, 0.717) is 25.7 Å². The number of piperidine rings is 2. The molecule has 4 rings (SSSR count). The van der Waals surface area contributed by atoms with E-state index in [1.165, 1.54) is 38.5 Å². The molecule has 4 saturated heterocycles. The number of carbonyl (C=O) groups is 2. The summed E-state index contributed by atoms with van der Waals surface area (Å²) in [6.07, 6.45) is 12.3. The van der Waals surface area contributed by atoms with Crippen LogP contribution in [-0.2, 0) is 19.1 Å². The minimum atomic E-state index is -0.884. The number of nitrogens with zero attached hydrogens (tertiary/aromatic N) is 2. The van der Waals surface area contributed by atoms with Crippen LogP contribution in [0.5, 0.6) is 0 Å². The molecule has 0 aromatic carbocycles. The Bertz CT molecular complexity index is 857. The van der Waals surface area contributed by atoms with Crippen molar-refractivity contribution >= 4 is 59.0 Å². The van der Waals surface area contributed by atoms with Crippen LogP contribution < -0.4 is 0 Å². The average molecular weight is 625 g/mol. The molecule has 222 valence electrons. The summed E-state index contributed by atoms with van der Waals surface area (Å²) < 4.78 is 10.3. The Morgan fingerprint density at radius 3 is 1.30 bits per heavy atom. The lowest BCUT2D eigenvalue weighted by atomic mass is 10.1. The Morgan fingerprint density at radius 1 is 0.550 bits per heavy atom. The number of ether oxygens (including phenoxy) is 2. The number of thioether (sulfide) groups is 4. The summed E-state index contributed by atoms with van der Waals surface area (Å²) in [5.74, 6) is 15.0. The highest BCUT2D eigenvalue weighted by atomic mass is 32.2. The third-order valence-electron chi connectivity index (χ3n) is 7.39. The van der Waals surface area contributed by atoms with Gasteiger partial charge in [-0.3, -0.25) is 9.80 Å². The molecule has 10 heteroatoms. The second-order valence-corrected chi connectivity index (χ2v) is 16.6. The van der Waals surface area contributed by atoms with Crippen LogP contribution in [0.1, 0.15) is 77.0 Å². The third-order valence-corrected chi connectivity index (χ3v) is 13.7. The quantitative estimate of drug-likeness (QED) is 0.192. The molecule has 0 amide bonds. The van der Waals surface area contributed by atoms with Gasteiger partial charge in [-0.1, -0.05) is 24.7 Å². The molecule has 0 N–H and O–H groups in total. The van der Waals surface area contributed by atoms with Crippen LogP contribution in [0.25, 0.3) is 0 Å². The highest BCUT2D eigenvalue weighted by molar-refractivity contribution is 8.19. The van der Waals surface area contributed by atoms with Crippen molar-refractivity contribution in [2.45, 2.75) is 85.6 Å². The minimum Gasteiger partial charge on any atom is -0.430 e. The van der Waals surface area contributed by atoms with Gasteiger partial charge in [0.05, 0.1) is 13.1 Å². The molecule has 0 aromatic rings. The van der Waals surface area contributed by atoms with E-state index in [4.69, 9.17) is 9.47 Å². The predicted octanol–water partition coefficient (Wildman–Crippen LogP) is 5.66. The largest absolute Gasteiger partial charge is 0.430 e. The zero-order valence-corrected chi connectivity index (χ0v) is 27.0. The SMILES string of the molecule is O=C(OC1(CCC#CCN2CCCCC2)SCCCS1)C(=O)OC1(CCC#CCN2CCCCC2)SCCCS1. The number of carbonyl (C=O) groups excluding carboxylic acids is 2. The molecule has 0 atom stereocenters. The number of esters is 2. The molecule has 0 aromatic heterocycles.